The van der Waals surface area contributed by atoms with Crippen molar-refractivity contribution in [3.05, 3.63) is 23.8 Å². The third-order valence-corrected chi connectivity index (χ3v) is 7.06. The Balaban J connectivity index is 1.15. The summed E-state index contributed by atoms with van der Waals surface area (Å²) in [4.78, 5) is 14.1. The number of hydrogen-bond acceptors (Lipinski definition) is 5. The summed E-state index contributed by atoms with van der Waals surface area (Å²) in [6.07, 6.45) is -1.55. The second kappa shape index (κ2) is 9.87. The number of carbonyl (C=O) groups excluding carboxylic acids is 1. The first-order valence-electron chi connectivity index (χ1n) is 11.5. The van der Waals surface area contributed by atoms with Crippen molar-refractivity contribution in [1.82, 2.24) is 10.2 Å². The Labute approximate surface area is 186 Å². The molecule has 1 amide bonds. The molecule has 0 aromatic heterocycles. The number of piperidine rings is 1. The number of ether oxygens (including phenoxy) is 2. The summed E-state index contributed by atoms with van der Waals surface area (Å²) in [6, 6.07) is 5.82. The van der Waals surface area contributed by atoms with E-state index in [-0.39, 0.29) is 6.04 Å². The molecule has 2 aliphatic heterocycles. The Kier molecular flexibility index (Phi) is 7.14. The van der Waals surface area contributed by atoms with E-state index in [0.717, 1.165) is 63.2 Å². The number of carbonyl (C=O) groups is 1. The number of benzene rings is 1. The molecule has 1 saturated heterocycles. The molecule has 1 aliphatic carbocycles. The largest absolute Gasteiger partial charge is 0.454 e. The SMILES string of the molecule is O=C(NC1CCC(CCN2CCC(c3cccc4c3OCO4)CC2)CC1)[C@@H](O)C(F)(F)F. The molecule has 4 rings (SSSR count). The average molecular weight is 457 g/mol. The quantitative estimate of drug-likeness (QED) is 0.685. The summed E-state index contributed by atoms with van der Waals surface area (Å²) in [5.41, 5.74) is 1.25. The van der Waals surface area contributed by atoms with Crippen LogP contribution in [-0.2, 0) is 4.79 Å². The van der Waals surface area contributed by atoms with Crippen LogP contribution in [-0.4, -0.2) is 60.7 Å². The van der Waals surface area contributed by atoms with Gasteiger partial charge < -0.3 is 24.8 Å². The van der Waals surface area contributed by atoms with Crippen molar-refractivity contribution in [1.29, 1.82) is 0 Å². The van der Waals surface area contributed by atoms with Crippen LogP contribution < -0.4 is 14.8 Å². The lowest BCUT2D eigenvalue weighted by atomic mass is 9.83. The second-order valence-electron chi connectivity index (χ2n) is 9.16. The molecule has 0 bridgehead atoms. The van der Waals surface area contributed by atoms with Gasteiger partial charge in [0.15, 0.2) is 11.5 Å². The second-order valence-corrected chi connectivity index (χ2v) is 9.16. The number of hydrogen-bond donors (Lipinski definition) is 2. The van der Waals surface area contributed by atoms with E-state index < -0.39 is 18.2 Å². The summed E-state index contributed by atoms with van der Waals surface area (Å²) in [5, 5.41) is 11.4. The van der Waals surface area contributed by atoms with Crippen molar-refractivity contribution in [2.45, 2.75) is 69.2 Å². The molecule has 0 spiro atoms. The van der Waals surface area contributed by atoms with Gasteiger partial charge in [0.25, 0.3) is 5.91 Å². The van der Waals surface area contributed by atoms with Crippen LogP contribution in [0.1, 0.15) is 56.4 Å². The first-order valence-corrected chi connectivity index (χ1v) is 11.5. The van der Waals surface area contributed by atoms with Crippen molar-refractivity contribution in [3.63, 3.8) is 0 Å². The standard InChI is InChI=1S/C23H31F3N2O4/c24-23(25,26)21(29)22(30)27-17-6-4-15(5-7-17)8-11-28-12-9-16(10-13-28)18-2-1-3-19-20(18)32-14-31-19/h1-3,15-17,21,29H,4-14H2,(H,27,30)/t15?,17?,21-/m1/s1. The highest BCUT2D eigenvalue weighted by Gasteiger charge is 2.44. The summed E-state index contributed by atoms with van der Waals surface area (Å²) in [7, 11) is 0. The average Bonchev–Trinajstić information content (AvgIpc) is 3.27. The molecule has 6 nitrogen and oxygen atoms in total. The lowest BCUT2D eigenvalue weighted by molar-refractivity contribution is -0.205. The van der Waals surface area contributed by atoms with Gasteiger partial charge in [0.2, 0.25) is 12.9 Å². The molecule has 178 valence electrons. The van der Waals surface area contributed by atoms with Gasteiger partial charge in [-0.15, -0.1) is 0 Å². The topological polar surface area (TPSA) is 71.0 Å². The number of alkyl halides is 3. The van der Waals surface area contributed by atoms with Gasteiger partial charge >= 0.3 is 6.18 Å². The van der Waals surface area contributed by atoms with Crippen LogP contribution >= 0.6 is 0 Å². The number of nitrogens with zero attached hydrogens (tertiary/aromatic N) is 1. The van der Waals surface area contributed by atoms with Crippen LogP contribution in [0.15, 0.2) is 18.2 Å². The highest BCUT2D eigenvalue weighted by molar-refractivity contribution is 5.81. The molecule has 9 heteroatoms. The Morgan fingerprint density at radius 1 is 1.12 bits per heavy atom. The van der Waals surface area contributed by atoms with Gasteiger partial charge in [-0.1, -0.05) is 12.1 Å². The van der Waals surface area contributed by atoms with E-state index in [1.54, 1.807) is 0 Å². The van der Waals surface area contributed by atoms with Crippen LogP contribution in [0.5, 0.6) is 11.5 Å². The lowest BCUT2D eigenvalue weighted by Crippen LogP contribution is -2.48. The van der Waals surface area contributed by atoms with Crippen molar-refractivity contribution >= 4 is 5.91 Å². The normalized spacial score (nSPS) is 25.5. The number of nitrogens with one attached hydrogen (secondary N) is 1. The van der Waals surface area contributed by atoms with Gasteiger partial charge in [-0.3, -0.25) is 4.79 Å². The lowest BCUT2D eigenvalue weighted by Gasteiger charge is -2.35. The number of amides is 1. The van der Waals surface area contributed by atoms with Crippen molar-refractivity contribution in [3.8, 4) is 11.5 Å². The van der Waals surface area contributed by atoms with Crippen LogP contribution in [0.2, 0.25) is 0 Å². The number of rotatable bonds is 6. The fourth-order valence-corrected chi connectivity index (χ4v) is 5.13. The molecule has 2 N–H and O–H groups in total. The number of para-hydroxylation sites is 1. The number of halogens is 3. The minimum absolute atomic E-state index is 0.287. The maximum atomic E-state index is 12.4. The van der Waals surface area contributed by atoms with Crippen LogP contribution in [0.25, 0.3) is 0 Å². The maximum absolute atomic E-state index is 12.4. The van der Waals surface area contributed by atoms with Gasteiger partial charge in [0.1, 0.15) is 0 Å². The highest BCUT2D eigenvalue weighted by atomic mass is 19.4. The summed E-state index contributed by atoms with van der Waals surface area (Å²) < 4.78 is 48.5. The Hall–Kier alpha value is -2.00. The van der Waals surface area contributed by atoms with E-state index in [1.807, 2.05) is 12.1 Å². The predicted octanol–water partition coefficient (Wildman–Crippen LogP) is 3.58. The molecule has 1 saturated carbocycles. The minimum Gasteiger partial charge on any atom is -0.454 e. The molecule has 1 aromatic rings. The Bertz CT molecular complexity index is 788. The molecular weight excluding hydrogens is 425 g/mol. The van der Waals surface area contributed by atoms with E-state index in [1.165, 1.54) is 5.56 Å². The van der Waals surface area contributed by atoms with Gasteiger partial charge in [0, 0.05) is 11.6 Å². The van der Waals surface area contributed by atoms with Crippen LogP contribution in [0.3, 0.4) is 0 Å². The fourth-order valence-electron chi connectivity index (χ4n) is 5.13. The van der Waals surface area contributed by atoms with E-state index in [9.17, 15) is 18.0 Å². The third-order valence-electron chi connectivity index (χ3n) is 7.06. The zero-order valence-corrected chi connectivity index (χ0v) is 18.1. The predicted molar refractivity (Wildman–Crippen MR) is 112 cm³/mol. The summed E-state index contributed by atoms with van der Waals surface area (Å²) in [5.74, 6) is 1.40. The summed E-state index contributed by atoms with van der Waals surface area (Å²) >= 11 is 0. The van der Waals surface area contributed by atoms with E-state index in [0.29, 0.717) is 31.5 Å². The van der Waals surface area contributed by atoms with E-state index in [2.05, 4.69) is 16.3 Å². The number of likely N-dealkylation sites (tertiary alicyclic amines) is 1. The molecule has 1 aromatic carbocycles. The number of aliphatic hydroxyl groups excluding tert-OH is 1. The van der Waals surface area contributed by atoms with Crippen molar-refractivity contribution in [2.75, 3.05) is 26.4 Å². The van der Waals surface area contributed by atoms with Gasteiger partial charge in [-0.25, -0.2) is 0 Å². The van der Waals surface area contributed by atoms with Crippen LogP contribution in [0.4, 0.5) is 13.2 Å². The first-order chi connectivity index (χ1) is 15.3. The minimum atomic E-state index is -4.92. The molecule has 0 radical (unpaired) electrons. The molecule has 2 fully saturated rings. The number of fused-ring (bicyclic) bond motifs is 1. The van der Waals surface area contributed by atoms with Gasteiger partial charge in [-0.05, 0) is 82.5 Å². The first kappa shape index (κ1) is 23.2. The molecule has 32 heavy (non-hydrogen) atoms. The van der Waals surface area contributed by atoms with Crippen LogP contribution in [0, 0.1) is 5.92 Å². The molecule has 3 aliphatic rings. The molecular formula is C23H31F3N2O4. The highest BCUT2D eigenvalue weighted by Crippen LogP contribution is 2.42. The smallest absolute Gasteiger partial charge is 0.423 e. The third kappa shape index (κ3) is 5.49. The van der Waals surface area contributed by atoms with Crippen molar-refractivity contribution < 1.29 is 32.5 Å². The molecule has 0 unspecified atom stereocenters. The van der Waals surface area contributed by atoms with E-state index >= 15 is 0 Å². The Morgan fingerprint density at radius 3 is 2.53 bits per heavy atom. The fraction of sp³-hybridized carbons (Fsp3) is 0.696. The monoisotopic (exact) mass is 456 g/mol. The van der Waals surface area contributed by atoms with Gasteiger partial charge in [-0.2, -0.15) is 13.2 Å². The zero-order chi connectivity index (χ0) is 22.7. The maximum Gasteiger partial charge on any atom is 0.423 e. The summed E-state index contributed by atoms with van der Waals surface area (Å²) in [6.45, 7) is 3.39. The molecule has 2 heterocycles. The molecule has 1 atom stereocenters. The van der Waals surface area contributed by atoms with Crippen molar-refractivity contribution in [2.24, 2.45) is 5.92 Å². The van der Waals surface area contributed by atoms with E-state index in [4.69, 9.17) is 14.6 Å². The Morgan fingerprint density at radius 2 is 1.84 bits per heavy atom. The zero-order valence-electron chi connectivity index (χ0n) is 18.1. The number of aliphatic hydroxyl groups is 1. The van der Waals surface area contributed by atoms with Gasteiger partial charge in [0.05, 0.1) is 0 Å².